The molecule has 6 heteroatoms. The highest BCUT2D eigenvalue weighted by atomic mass is 16.5. The summed E-state index contributed by atoms with van der Waals surface area (Å²) in [6.45, 7) is 0.365. The lowest BCUT2D eigenvalue weighted by Crippen LogP contribution is -2.37. The summed E-state index contributed by atoms with van der Waals surface area (Å²) in [6, 6.07) is 9.15. The minimum absolute atomic E-state index is 0.0951. The Bertz CT molecular complexity index is 422. The molecular formula is C14H20N2O4. The van der Waals surface area contributed by atoms with Crippen LogP contribution in [0.5, 0.6) is 0 Å². The molecule has 0 saturated carbocycles. The highest BCUT2D eigenvalue weighted by Crippen LogP contribution is 2.01. The zero-order chi connectivity index (χ0) is 14.8. The number of rotatable bonds is 8. The summed E-state index contributed by atoms with van der Waals surface area (Å²) in [4.78, 5) is 22.8. The smallest absolute Gasteiger partial charge is 0.337 e. The number of hydrogen-bond acceptors (Lipinski definition) is 5. The maximum atomic E-state index is 11.5. The molecule has 0 radical (unpaired) electrons. The first-order valence-electron chi connectivity index (χ1n) is 6.49. The third-order valence-electron chi connectivity index (χ3n) is 2.60. The lowest BCUT2D eigenvalue weighted by Gasteiger charge is -2.11. The molecular weight excluding hydrogens is 260 g/mol. The molecule has 0 aliphatic carbocycles. The molecule has 0 saturated heterocycles. The van der Waals surface area contributed by atoms with E-state index in [1.54, 1.807) is 0 Å². The number of ether oxygens (including phenoxy) is 1. The van der Waals surface area contributed by atoms with Gasteiger partial charge in [0, 0.05) is 6.42 Å². The molecule has 0 aromatic heterocycles. The molecule has 1 rings (SSSR count). The van der Waals surface area contributed by atoms with Crippen molar-refractivity contribution in [3.8, 4) is 0 Å². The average Bonchev–Trinajstić information content (AvgIpc) is 2.49. The Hall–Kier alpha value is -1.92. The summed E-state index contributed by atoms with van der Waals surface area (Å²) >= 11 is 0. The van der Waals surface area contributed by atoms with Crippen LogP contribution < -0.4 is 11.1 Å². The van der Waals surface area contributed by atoms with E-state index >= 15 is 0 Å². The normalized spacial score (nSPS) is 11.7. The van der Waals surface area contributed by atoms with Crippen LogP contribution in [0.1, 0.15) is 18.4 Å². The molecule has 110 valence electrons. The molecule has 1 atom stereocenters. The van der Waals surface area contributed by atoms with Crippen molar-refractivity contribution in [2.24, 2.45) is 5.73 Å². The second-order valence-corrected chi connectivity index (χ2v) is 4.31. The summed E-state index contributed by atoms with van der Waals surface area (Å²) in [7, 11) is 0. The van der Waals surface area contributed by atoms with Crippen molar-refractivity contribution in [3.63, 3.8) is 0 Å². The molecule has 0 aliphatic heterocycles. The minimum atomic E-state index is -1.36. The van der Waals surface area contributed by atoms with Crippen molar-refractivity contribution >= 4 is 11.9 Å². The number of hydrogen-bond donors (Lipinski definition) is 3. The lowest BCUT2D eigenvalue weighted by molar-refractivity contribution is -0.154. The van der Waals surface area contributed by atoms with Crippen LogP contribution in [0.3, 0.4) is 0 Å². The summed E-state index contributed by atoms with van der Waals surface area (Å²) in [5.41, 5.74) is 6.11. The Balaban J connectivity index is 2.24. The van der Waals surface area contributed by atoms with Crippen LogP contribution >= 0.6 is 0 Å². The van der Waals surface area contributed by atoms with Gasteiger partial charge in [0.2, 0.25) is 5.91 Å². The third-order valence-corrected chi connectivity index (χ3v) is 2.60. The van der Waals surface area contributed by atoms with E-state index < -0.39 is 12.1 Å². The van der Waals surface area contributed by atoms with Gasteiger partial charge in [0.25, 0.3) is 0 Å². The number of benzene rings is 1. The van der Waals surface area contributed by atoms with Crippen LogP contribution in [0.4, 0.5) is 0 Å². The maximum Gasteiger partial charge on any atom is 0.337 e. The quantitative estimate of drug-likeness (QED) is 0.579. The molecule has 20 heavy (non-hydrogen) atoms. The zero-order valence-corrected chi connectivity index (χ0v) is 11.2. The molecule has 6 nitrogen and oxygen atoms in total. The van der Waals surface area contributed by atoms with Gasteiger partial charge in [0.05, 0.1) is 6.54 Å². The Morgan fingerprint density at radius 1 is 1.30 bits per heavy atom. The highest BCUT2D eigenvalue weighted by Gasteiger charge is 2.17. The van der Waals surface area contributed by atoms with Gasteiger partial charge >= 0.3 is 5.97 Å². The van der Waals surface area contributed by atoms with Gasteiger partial charge in [-0.05, 0) is 18.5 Å². The number of nitrogens with two attached hydrogens (primary N) is 1. The largest absolute Gasteiger partial charge is 0.459 e. The Labute approximate surface area is 117 Å². The van der Waals surface area contributed by atoms with Gasteiger partial charge in [0.15, 0.2) is 6.10 Å². The number of nitrogens with one attached hydrogen (secondary N) is 1. The van der Waals surface area contributed by atoms with Crippen LogP contribution in [-0.2, 0) is 20.9 Å². The first kappa shape index (κ1) is 16.1. The summed E-state index contributed by atoms with van der Waals surface area (Å²) in [5.74, 6) is -1.00. The van der Waals surface area contributed by atoms with Crippen molar-refractivity contribution in [1.82, 2.24) is 5.32 Å². The fourth-order valence-corrected chi connectivity index (χ4v) is 1.47. The lowest BCUT2D eigenvalue weighted by atomic mass is 10.2. The molecule has 0 fully saturated rings. The standard InChI is InChI=1S/C14H20N2O4/c15-8-4-7-13(18)16-9-12(17)14(19)20-10-11-5-2-1-3-6-11/h1-3,5-6,12,17H,4,7-10,15H2,(H,16,18). The molecule has 0 spiro atoms. The molecule has 1 unspecified atom stereocenters. The second-order valence-electron chi connectivity index (χ2n) is 4.31. The first-order chi connectivity index (χ1) is 9.63. The molecule has 1 aromatic carbocycles. The molecule has 0 aliphatic rings. The van der Waals surface area contributed by atoms with Crippen LogP contribution in [0.15, 0.2) is 30.3 Å². The fraction of sp³-hybridized carbons (Fsp3) is 0.429. The van der Waals surface area contributed by atoms with Crippen molar-refractivity contribution in [2.45, 2.75) is 25.6 Å². The molecule has 4 N–H and O–H groups in total. The van der Waals surface area contributed by atoms with E-state index in [0.717, 1.165) is 5.56 Å². The van der Waals surface area contributed by atoms with Gasteiger partial charge in [-0.3, -0.25) is 4.79 Å². The van der Waals surface area contributed by atoms with E-state index in [1.165, 1.54) is 0 Å². The van der Waals surface area contributed by atoms with Gasteiger partial charge < -0.3 is 20.9 Å². The summed E-state index contributed by atoms with van der Waals surface area (Å²) in [6.07, 6.45) is -0.511. The van der Waals surface area contributed by atoms with Crippen molar-refractivity contribution < 1.29 is 19.4 Å². The Morgan fingerprint density at radius 3 is 2.65 bits per heavy atom. The fourth-order valence-electron chi connectivity index (χ4n) is 1.47. The van der Waals surface area contributed by atoms with Gasteiger partial charge in [-0.1, -0.05) is 30.3 Å². The number of amides is 1. The number of carbonyl (C=O) groups is 2. The Kier molecular flexibility index (Phi) is 7.31. The number of esters is 1. The van der Waals surface area contributed by atoms with Crippen molar-refractivity contribution in [1.29, 1.82) is 0 Å². The van der Waals surface area contributed by atoms with Crippen LogP contribution in [-0.4, -0.2) is 36.2 Å². The molecule has 0 bridgehead atoms. The maximum absolute atomic E-state index is 11.5. The van der Waals surface area contributed by atoms with E-state index in [-0.39, 0.29) is 25.5 Å². The van der Waals surface area contributed by atoms with E-state index in [9.17, 15) is 14.7 Å². The number of aliphatic hydroxyl groups is 1. The Morgan fingerprint density at radius 2 is 2.00 bits per heavy atom. The van der Waals surface area contributed by atoms with Gasteiger partial charge in [0.1, 0.15) is 6.61 Å². The summed E-state index contributed by atoms with van der Waals surface area (Å²) in [5, 5.41) is 12.0. The number of aliphatic hydroxyl groups excluding tert-OH is 1. The van der Waals surface area contributed by atoms with E-state index in [1.807, 2.05) is 30.3 Å². The summed E-state index contributed by atoms with van der Waals surface area (Å²) < 4.78 is 4.94. The molecule has 1 amide bonds. The number of carbonyl (C=O) groups excluding carboxylic acids is 2. The van der Waals surface area contributed by atoms with Crippen molar-refractivity contribution in [3.05, 3.63) is 35.9 Å². The predicted molar refractivity (Wildman–Crippen MR) is 73.5 cm³/mol. The molecule has 0 heterocycles. The average molecular weight is 280 g/mol. The van der Waals surface area contributed by atoms with Gasteiger partial charge in [-0.2, -0.15) is 0 Å². The minimum Gasteiger partial charge on any atom is -0.459 e. The third kappa shape index (κ3) is 6.31. The topological polar surface area (TPSA) is 102 Å². The van der Waals surface area contributed by atoms with Crippen molar-refractivity contribution in [2.75, 3.05) is 13.1 Å². The monoisotopic (exact) mass is 280 g/mol. The van der Waals surface area contributed by atoms with Crippen LogP contribution in [0, 0.1) is 0 Å². The van der Waals surface area contributed by atoms with Gasteiger partial charge in [-0.25, -0.2) is 4.79 Å². The predicted octanol–water partition coefficient (Wildman–Crippen LogP) is -0.0542. The van der Waals surface area contributed by atoms with E-state index in [2.05, 4.69) is 5.32 Å². The molecule has 1 aromatic rings. The van der Waals surface area contributed by atoms with Gasteiger partial charge in [-0.15, -0.1) is 0 Å². The highest BCUT2D eigenvalue weighted by molar-refractivity contribution is 5.78. The second kappa shape index (κ2) is 9.06. The SMILES string of the molecule is NCCCC(=O)NCC(O)C(=O)OCc1ccccc1. The zero-order valence-electron chi connectivity index (χ0n) is 11.2. The van der Waals surface area contributed by atoms with Crippen LogP contribution in [0.2, 0.25) is 0 Å². The van der Waals surface area contributed by atoms with E-state index in [0.29, 0.717) is 13.0 Å². The van der Waals surface area contributed by atoms with E-state index in [4.69, 9.17) is 10.5 Å². The van der Waals surface area contributed by atoms with Crippen LogP contribution in [0.25, 0.3) is 0 Å². The first-order valence-corrected chi connectivity index (χ1v) is 6.49.